The van der Waals surface area contributed by atoms with Crippen molar-refractivity contribution in [1.82, 2.24) is 9.78 Å². The minimum Gasteiger partial charge on any atom is -0.296 e. The minimum absolute atomic E-state index is 0.608. The third-order valence-electron chi connectivity index (χ3n) is 3.07. The first kappa shape index (κ1) is 9.33. The molecule has 1 aromatic carbocycles. The van der Waals surface area contributed by atoms with Crippen LogP contribution in [0.4, 0.5) is 0 Å². The summed E-state index contributed by atoms with van der Waals surface area (Å²) < 4.78 is 1.91. The lowest BCUT2D eigenvalue weighted by atomic mass is 10.2. The van der Waals surface area contributed by atoms with Gasteiger partial charge in [0.05, 0.1) is 5.69 Å². The first-order valence-corrected chi connectivity index (χ1v) is 5.51. The van der Waals surface area contributed by atoms with E-state index in [1.807, 2.05) is 35.0 Å². The van der Waals surface area contributed by atoms with Gasteiger partial charge in [0.15, 0.2) is 6.29 Å². The van der Waals surface area contributed by atoms with Gasteiger partial charge in [0.2, 0.25) is 0 Å². The van der Waals surface area contributed by atoms with E-state index in [4.69, 9.17) is 0 Å². The van der Waals surface area contributed by atoms with Gasteiger partial charge in [-0.3, -0.25) is 4.79 Å². The number of aromatic nitrogens is 2. The smallest absolute Gasteiger partial charge is 0.170 e. The molecule has 2 aromatic rings. The van der Waals surface area contributed by atoms with Crippen molar-refractivity contribution in [1.29, 1.82) is 0 Å². The number of hydrogen-bond donors (Lipinski definition) is 0. The number of para-hydroxylation sites is 1. The highest BCUT2D eigenvalue weighted by molar-refractivity contribution is 5.75. The van der Waals surface area contributed by atoms with Crippen molar-refractivity contribution in [3.05, 3.63) is 47.3 Å². The fourth-order valence-electron chi connectivity index (χ4n) is 2.34. The molecule has 1 aromatic heterocycles. The van der Waals surface area contributed by atoms with Gasteiger partial charge < -0.3 is 0 Å². The molecule has 0 unspecified atom stereocenters. The van der Waals surface area contributed by atoms with Crippen molar-refractivity contribution in [2.75, 3.05) is 0 Å². The van der Waals surface area contributed by atoms with Gasteiger partial charge in [0.1, 0.15) is 5.69 Å². The second-order valence-corrected chi connectivity index (χ2v) is 4.03. The average Bonchev–Trinajstić information content (AvgIpc) is 2.91. The molecule has 0 saturated carbocycles. The SMILES string of the molecule is O=Cc1nn(-c2ccccc2)c2c1CCC2. The van der Waals surface area contributed by atoms with E-state index in [1.54, 1.807) is 0 Å². The summed E-state index contributed by atoms with van der Waals surface area (Å²) in [5.74, 6) is 0. The predicted octanol–water partition coefficient (Wildman–Crippen LogP) is 2.17. The van der Waals surface area contributed by atoms with Crippen molar-refractivity contribution in [2.24, 2.45) is 0 Å². The van der Waals surface area contributed by atoms with Crippen molar-refractivity contribution >= 4 is 6.29 Å². The van der Waals surface area contributed by atoms with Crippen LogP contribution < -0.4 is 0 Å². The molecule has 3 heteroatoms. The summed E-state index contributed by atoms with van der Waals surface area (Å²) in [4.78, 5) is 10.9. The number of carbonyl (C=O) groups excluding carboxylic acids is 1. The van der Waals surface area contributed by atoms with Crippen LogP contribution in [0.15, 0.2) is 30.3 Å². The van der Waals surface area contributed by atoms with Gasteiger partial charge in [-0.05, 0) is 31.4 Å². The van der Waals surface area contributed by atoms with Crippen LogP contribution in [0.5, 0.6) is 0 Å². The quantitative estimate of drug-likeness (QED) is 0.715. The molecule has 0 radical (unpaired) electrons. The number of nitrogens with zero attached hydrogens (tertiary/aromatic N) is 2. The molecule has 3 rings (SSSR count). The first-order chi connectivity index (χ1) is 7.90. The van der Waals surface area contributed by atoms with Crippen LogP contribution in [0.2, 0.25) is 0 Å². The second-order valence-electron chi connectivity index (χ2n) is 4.03. The zero-order valence-corrected chi connectivity index (χ0v) is 8.89. The Bertz CT molecular complexity index is 528. The van der Waals surface area contributed by atoms with Gasteiger partial charge in [-0.2, -0.15) is 5.10 Å². The highest BCUT2D eigenvalue weighted by Gasteiger charge is 2.22. The number of hydrogen-bond acceptors (Lipinski definition) is 2. The van der Waals surface area contributed by atoms with Crippen LogP contribution in [-0.4, -0.2) is 16.1 Å². The van der Waals surface area contributed by atoms with Crippen molar-refractivity contribution < 1.29 is 4.79 Å². The molecular formula is C13H12N2O. The molecule has 80 valence electrons. The lowest BCUT2D eigenvalue weighted by Gasteiger charge is -2.04. The van der Waals surface area contributed by atoms with Gasteiger partial charge in [-0.25, -0.2) is 4.68 Å². The Morgan fingerprint density at radius 2 is 2.00 bits per heavy atom. The Morgan fingerprint density at radius 1 is 1.19 bits per heavy atom. The molecule has 3 nitrogen and oxygen atoms in total. The molecule has 1 aliphatic carbocycles. The Labute approximate surface area is 93.7 Å². The summed E-state index contributed by atoms with van der Waals surface area (Å²) in [6, 6.07) is 9.98. The van der Waals surface area contributed by atoms with E-state index in [0.29, 0.717) is 5.69 Å². The standard InChI is InChI=1S/C13H12N2O/c16-9-12-11-7-4-8-13(11)15(14-12)10-5-2-1-3-6-10/h1-3,5-6,9H,4,7-8H2. The summed E-state index contributed by atoms with van der Waals surface area (Å²) in [7, 11) is 0. The average molecular weight is 212 g/mol. The van der Waals surface area contributed by atoms with E-state index < -0.39 is 0 Å². The Kier molecular flexibility index (Phi) is 2.10. The molecule has 0 atom stereocenters. The van der Waals surface area contributed by atoms with Gasteiger partial charge in [-0.15, -0.1) is 0 Å². The van der Waals surface area contributed by atoms with Crippen LogP contribution in [0.25, 0.3) is 5.69 Å². The van der Waals surface area contributed by atoms with Crippen LogP contribution in [0, 0.1) is 0 Å². The van der Waals surface area contributed by atoms with E-state index in [-0.39, 0.29) is 0 Å². The van der Waals surface area contributed by atoms with Gasteiger partial charge in [-0.1, -0.05) is 18.2 Å². The summed E-state index contributed by atoms with van der Waals surface area (Å²) in [6.45, 7) is 0. The molecule has 0 saturated heterocycles. The summed E-state index contributed by atoms with van der Waals surface area (Å²) in [6.07, 6.45) is 3.99. The predicted molar refractivity (Wildman–Crippen MR) is 61.0 cm³/mol. The highest BCUT2D eigenvalue weighted by Crippen LogP contribution is 2.26. The van der Waals surface area contributed by atoms with Crippen LogP contribution in [-0.2, 0) is 12.8 Å². The molecule has 1 heterocycles. The third kappa shape index (κ3) is 1.28. The second kappa shape index (κ2) is 3.59. The summed E-state index contributed by atoms with van der Waals surface area (Å²) in [5.41, 5.74) is 3.98. The van der Waals surface area contributed by atoms with E-state index in [9.17, 15) is 4.79 Å². The maximum atomic E-state index is 10.9. The molecule has 0 N–H and O–H groups in total. The number of rotatable bonds is 2. The Morgan fingerprint density at radius 3 is 2.75 bits per heavy atom. The van der Waals surface area contributed by atoms with E-state index in [1.165, 1.54) is 5.69 Å². The Balaban J connectivity index is 2.19. The largest absolute Gasteiger partial charge is 0.296 e. The van der Waals surface area contributed by atoms with Gasteiger partial charge >= 0.3 is 0 Å². The number of carbonyl (C=O) groups is 1. The van der Waals surface area contributed by atoms with Gasteiger partial charge in [0, 0.05) is 11.3 Å². The molecule has 0 bridgehead atoms. The Hall–Kier alpha value is -1.90. The maximum absolute atomic E-state index is 10.9. The molecule has 0 amide bonds. The monoisotopic (exact) mass is 212 g/mol. The summed E-state index contributed by atoms with van der Waals surface area (Å²) in [5, 5.41) is 4.37. The number of fused-ring (bicyclic) bond motifs is 1. The minimum atomic E-state index is 0.608. The van der Waals surface area contributed by atoms with Crippen molar-refractivity contribution in [3.63, 3.8) is 0 Å². The van der Waals surface area contributed by atoms with E-state index in [2.05, 4.69) is 5.10 Å². The van der Waals surface area contributed by atoms with E-state index in [0.717, 1.165) is 36.8 Å². The zero-order chi connectivity index (χ0) is 11.0. The van der Waals surface area contributed by atoms with Crippen molar-refractivity contribution in [2.45, 2.75) is 19.3 Å². The van der Waals surface area contributed by atoms with Crippen LogP contribution >= 0.6 is 0 Å². The lowest BCUT2D eigenvalue weighted by Crippen LogP contribution is -2.01. The van der Waals surface area contributed by atoms with Crippen molar-refractivity contribution in [3.8, 4) is 5.69 Å². The molecule has 0 spiro atoms. The number of benzene rings is 1. The van der Waals surface area contributed by atoms with Crippen LogP contribution in [0.3, 0.4) is 0 Å². The molecule has 0 fully saturated rings. The first-order valence-electron chi connectivity index (χ1n) is 5.51. The lowest BCUT2D eigenvalue weighted by molar-refractivity contribution is 0.111. The fraction of sp³-hybridized carbons (Fsp3) is 0.231. The molecule has 16 heavy (non-hydrogen) atoms. The topological polar surface area (TPSA) is 34.9 Å². The molecular weight excluding hydrogens is 200 g/mol. The highest BCUT2D eigenvalue weighted by atomic mass is 16.1. The van der Waals surface area contributed by atoms with E-state index >= 15 is 0 Å². The number of aldehydes is 1. The zero-order valence-electron chi connectivity index (χ0n) is 8.89. The normalized spacial score (nSPS) is 13.8. The third-order valence-corrected chi connectivity index (χ3v) is 3.07. The summed E-state index contributed by atoms with van der Waals surface area (Å²) >= 11 is 0. The van der Waals surface area contributed by atoms with Gasteiger partial charge in [0.25, 0.3) is 0 Å². The maximum Gasteiger partial charge on any atom is 0.170 e. The molecule has 1 aliphatic rings. The fourth-order valence-corrected chi connectivity index (χ4v) is 2.34. The van der Waals surface area contributed by atoms with Crippen LogP contribution in [0.1, 0.15) is 28.2 Å². The molecule has 0 aliphatic heterocycles.